The molecule has 1 rings (SSSR count). The number of benzene rings is 1. The van der Waals surface area contributed by atoms with Crippen molar-refractivity contribution in [3.8, 4) is 0 Å². The Hall–Kier alpha value is -0.870. The van der Waals surface area contributed by atoms with E-state index in [1.807, 2.05) is 13.8 Å². The van der Waals surface area contributed by atoms with Gasteiger partial charge in [-0.3, -0.25) is 4.18 Å². The molecule has 0 saturated carbocycles. The van der Waals surface area contributed by atoms with Crippen LogP contribution in [-0.4, -0.2) is 14.5 Å². The largest absolute Gasteiger partial charge is 0.297 e. The van der Waals surface area contributed by atoms with Crippen LogP contribution < -0.4 is 0 Å². The van der Waals surface area contributed by atoms with Crippen molar-refractivity contribution >= 4 is 10.1 Å². The molecule has 0 aliphatic rings. The third kappa shape index (κ3) is 7.09. The van der Waals surface area contributed by atoms with Gasteiger partial charge in [-0.1, -0.05) is 63.1 Å². The number of unbranched alkanes of at least 4 members (excludes halogenated alkanes) is 5. The Labute approximate surface area is 129 Å². The van der Waals surface area contributed by atoms with Crippen molar-refractivity contribution in [1.29, 1.82) is 0 Å². The van der Waals surface area contributed by atoms with E-state index in [9.17, 15) is 8.42 Å². The van der Waals surface area contributed by atoms with E-state index in [4.69, 9.17) is 4.18 Å². The Bertz CT molecular complexity index is 491. The van der Waals surface area contributed by atoms with Crippen molar-refractivity contribution in [3.05, 3.63) is 29.8 Å². The molecule has 1 aromatic rings. The fourth-order valence-electron chi connectivity index (χ4n) is 2.24. The van der Waals surface area contributed by atoms with Crippen molar-refractivity contribution in [1.82, 2.24) is 0 Å². The second kappa shape index (κ2) is 9.21. The first kappa shape index (κ1) is 18.2. The first-order valence-electron chi connectivity index (χ1n) is 7.95. The molecule has 0 spiro atoms. The van der Waals surface area contributed by atoms with E-state index in [1.165, 1.54) is 25.7 Å². The third-order valence-corrected chi connectivity index (χ3v) is 5.00. The van der Waals surface area contributed by atoms with Gasteiger partial charge >= 0.3 is 0 Å². The molecule has 0 saturated heterocycles. The predicted molar refractivity (Wildman–Crippen MR) is 86.9 cm³/mol. The maximum atomic E-state index is 12.1. The van der Waals surface area contributed by atoms with Crippen molar-refractivity contribution in [3.63, 3.8) is 0 Å². The van der Waals surface area contributed by atoms with E-state index in [2.05, 4.69) is 6.92 Å². The van der Waals surface area contributed by atoms with Gasteiger partial charge in [-0.05, 0) is 32.4 Å². The molecule has 0 aliphatic carbocycles. The maximum Gasteiger partial charge on any atom is 0.297 e. The van der Waals surface area contributed by atoms with E-state index < -0.39 is 10.1 Å². The van der Waals surface area contributed by atoms with Gasteiger partial charge in [-0.25, -0.2) is 0 Å². The fourth-order valence-corrected chi connectivity index (χ4v) is 3.35. The van der Waals surface area contributed by atoms with E-state index in [-0.39, 0.29) is 11.0 Å². The van der Waals surface area contributed by atoms with Crippen LogP contribution in [0.1, 0.15) is 64.4 Å². The van der Waals surface area contributed by atoms with Crippen molar-refractivity contribution in [2.75, 3.05) is 0 Å². The van der Waals surface area contributed by atoms with Gasteiger partial charge in [0.15, 0.2) is 0 Å². The summed E-state index contributed by atoms with van der Waals surface area (Å²) >= 11 is 0. The van der Waals surface area contributed by atoms with Crippen LogP contribution in [0.25, 0.3) is 0 Å². The van der Waals surface area contributed by atoms with Gasteiger partial charge in [0, 0.05) is 0 Å². The van der Waals surface area contributed by atoms with Gasteiger partial charge in [-0.2, -0.15) is 8.42 Å². The molecule has 1 atom stereocenters. The first-order valence-corrected chi connectivity index (χ1v) is 9.36. The zero-order valence-corrected chi connectivity index (χ0v) is 14.3. The van der Waals surface area contributed by atoms with Crippen molar-refractivity contribution in [2.45, 2.75) is 76.7 Å². The van der Waals surface area contributed by atoms with Gasteiger partial charge in [0.1, 0.15) is 0 Å². The Morgan fingerprint density at radius 2 is 1.57 bits per heavy atom. The highest BCUT2D eigenvalue weighted by molar-refractivity contribution is 7.86. The standard InChI is InChI=1S/C17H28O3S/c1-4-5-6-7-8-9-10-16(3)20-21(18,19)17-13-11-15(2)12-14-17/h11-14,16H,4-10H2,1-3H3. The summed E-state index contributed by atoms with van der Waals surface area (Å²) in [7, 11) is -3.63. The SMILES string of the molecule is CCCCCCCCC(C)OS(=O)(=O)c1ccc(C)cc1. The summed E-state index contributed by atoms with van der Waals surface area (Å²) in [6, 6.07) is 6.77. The average Bonchev–Trinajstić information content (AvgIpc) is 2.42. The van der Waals surface area contributed by atoms with Crippen LogP contribution >= 0.6 is 0 Å². The number of aryl methyl sites for hydroxylation is 1. The lowest BCUT2D eigenvalue weighted by Gasteiger charge is -2.13. The maximum absolute atomic E-state index is 12.1. The molecule has 0 amide bonds. The Kier molecular flexibility index (Phi) is 7.97. The summed E-state index contributed by atoms with van der Waals surface area (Å²) in [6.07, 6.45) is 7.73. The zero-order chi connectivity index (χ0) is 15.7. The van der Waals surface area contributed by atoms with Crippen molar-refractivity contribution in [2.24, 2.45) is 0 Å². The Balaban J connectivity index is 2.36. The van der Waals surface area contributed by atoms with Crippen LogP contribution in [-0.2, 0) is 14.3 Å². The molecule has 0 aliphatic heterocycles. The van der Waals surface area contributed by atoms with Crippen LogP contribution in [0, 0.1) is 6.92 Å². The van der Waals surface area contributed by atoms with Gasteiger partial charge in [-0.15, -0.1) is 0 Å². The normalized spacial score (nSPS) is 13.3. The van der Waals surface area contributed by atoms with E-state index in [0.717, 1.165) is 24.8 Å². The summed E-state index contributed by atoms with van der Waals surface area (Å²) in [5.41, 5.74) is 1.04. The molecule has 0 N–H and O–H groups in total. The van der Waals surface area contributed by atoms with Crippen LogP contribution in [0.4, 0.5) is 0 Å². The molecular weight excluding hydrogens is 284 g/mol. The Morgan fingerprint density at radius 1 is 1.00 bits per heavy atom. The molecule has 0 radical (unpaired) electrons. The zero-order valence-electron chi connectivity index (χ0n) is 13.5. The van der Waals surface area contributed by atoms with Crippen LogP contribution in [0.2, 0.25) is 0 Å². The molecule has 120 valence electrons. The predicted octanol–water partition coefficient (Wildman–Crippen LogP) is 4.84. The summed E-state index contributed by atoms with van der Waals surface area (Å²) in [5, 5.41) is 0. The molecular formula is C17H28O3S. The summed E-state index contributed by atoms with van der Waals surface area (Å²) in [5.74, 6) is 0. The van der Waals surface area contributed by atoms with E-state index in [0.29, 0.717) is 0 Å². The van der Waals surface area contributed by atoms with Crippen molar-refractivity contribution < 1.29 is 12.6 Å². The smallest absolute Gasteiger partial charge is 0.263 e. The highest BCUT2D eigenvalue weighted by atomic mass is 32.2. The van der Waals surface area contributed by atoms with Gasteiger partial charge in [0.2, 0.25) is 0 Å². The second-order valence-electron chi connectivity index (χ2n) is 5.73. The van der Waals surface area contributed by atoms with E-state index >= 15 is 0 Å². The van der Waals surface area contributed by atoms with E-state index in [1.54, 1.807) is 24.3 Å². The number of hydrogen-bond acceptors (Lipinski definition) is 3. The molecule has 21 heavy (non-hydrogen) atoms. The minimum atomic E-state index is -3.63. The number of rotatable bonds is 10. The van der Waals surface area contributed by atoms with Crippen LogP contribution in [0.3, 0.4) is 0 Å². The molecule has 1 unspecified atom stereocenters. The van der Waals surface area contributed by atoms with Crippen LogP contribution in [0.5, 0.6) is 0 Å². The lowest BCUT2D eigenvalue weighted by molar-refractivity contribution is 0.213. The molecule has 0 heterocycles. The lowest BCUT2D eigenvalue weighted by Crippen LogP contribution is -2.15. The van der Waals surface area contributed by atoms with Gasteiger partial charge < -0.3 is 0 Å². The quantitative estimate of drug-likeness (QED) is 0.458. The molecule has 4 heteroatoms. The molecule has 1 aromatic carbocycles. The molecule has 3 nitrogen and oxygen atoms in total. The fraction of sp³-hybridized carbons (Fsp3) is 0.647. The minimum Gasteiger partial charge on any atom is -0.263 e. The van der Waals surface area contributed by atoms with Crippen LogP contribution in [0.15, 0.2) is 29.2 Å². The first-order chi connectivity index (χ1) is 9.95. The third-order valence-electron chi connectivity index (χ3n) is 3.56. The Morgan fingerprint density at radius 3 is 2.19 bits per heavy atom. The van der Waals surface area contributed by atoms with Gasteiger partial charge in [0.25, 0.3) is 10.1 Å². The monoisotopic (exact) mass is 312 g/mol. The number of hydrogen-bond donors (Lipinski definition) is 0. The highest BCUT2D eigenvalue weighted by Crippen LogP contribution is 2.18. The topological polar surface area (TPSA) is 43.4 Å². The molecule has 0 fully saturated rings. The lowest BCUT2D eigenvalue weighted by atomic mass is 10.1. The average molecular weight is 312 g/mol. The summed E-state index contributed by atoms with van der Waals surface area (Å²) < 4.78 is 29.5. The summed E-state index contributed by atoms with van der Waals surface area (Å²) in [4.78, 5) is 0.239. The minimum absolute atomic E-state index is 0.239. The summed E-state index contributed by atoms with van der Waals surface area (Å²) in [6.45, 7) is 5.96. The molecule has 0 bridgehead atoms. The molecule has 0 aromatic heterocycles. The van der Waals surface area contributed by atoms with Gasteiger partial charge in [0.05, 0.1) is 11.0 Å². The second-order valence-corrected chi connectivity index (χ2v) is 7.30. The highest BCUT2D eigenvalue weighted by Gasteiger charge is 2.18.